The molecule has 0 unspecified atom stereocenters. The van der Waals surface area contributed by atoms with Crippen molar-refractivity contribution < 1.29 is 42.1 Å². The number of carbonyl (C=O) groups is 2. The zero-order valence-electron chi connectivity index (χ0n) is 29.5. The SMILES string of the molecule is C[C@H]1CN(c2c(NC(=O)c3ccc(F)c(-c4c(F)cc(C(C)(C)O)cc4F)n3)cnc3c2CCO3)C[C@@H](NC(=O)O)[C@H]1O[Si](C)(C)C(C)(C)C. The molecule has 11 nitrogen and oxygen atoms in total. The summed E-state index contributed by atoms with van der Waals surface area (Å²) in [6.07, 6.45) is 0.294. The molecule has 3 aromatic rings. The normalized spacial score (nSPS) is 19.5. The van der Waals surface area contributed by atoms with Crippen molar-refractivity contribution in [2.45, 2.75) is 83.8 Å². The smallest absolute Gasteiger partial charge is 0.405 e. The van der Waals surface area contributed by atoms with E-state index in [0.29, 0.717) is 31.1 Å². The molecule has 2 aromatic heterocycles. The number of carboxylic acid groups (broad SMARTS) is 1. The van der Waals surface area contributed by atoms with Gasteiger partial charge in [0.05, 0.1) is 47.5 Å². The van der Waals surface area contributed by atoms with Crippen LogP contribution in [-0.2, 0) is 16.4 Å². The summed E-state index contributed by atoms with van der Waals surface area (Å²) < 4.78 is 57.8. The molecular weight excluding hydrogens is 671 g/mol. The number of piperidine rings is 1. The third-order valence-corrected chi connectivity index (χ3v) is 14.2. The number of hydrogen-bond acceptors (Lipinski definition) is 8. The maximum absolute atomic E-state index is 15.2. The lowest BCUT2D eigenvalue weighted by molar-refractivity contribution is 0.0721. The Hall–Kier alpha value is -4.21. The second kappa shape index (κ2) is 13.5. The first-order valence-electron chi connectivity index (χ1n) is 16.4. The number of carbonyl (C=O) groups excluding carboxylic acids is 1. The van der Waals surface area contributed by atoms with Gasteiger partial charge in [-0.2, -0.15) is 0 Å². The molecule has 3 atom stereocenters. The molecule has 15 heteroatoms. The highest BCUT2D eigenvalue weighted by atomic mass is 28.4. The lowest BCUT2D eigenvalue weighted by Crippen LogP contribution is -2.62. The van der Waals surface area contributed by atoms with Gasteiger partial charge in [-0.3, -0.25) is 4.79 Å². The molecule has 1 fully saturated rings. The molecule has 0 radical (unpaired) electrons. The van der Waals surface area contributed by atoms with Gasteiger partial charge in [-0.15, -0.1) is 0 Å². The number of halogens is 3. The van der Waals surface area contributed by atoms with Gasteiger partial charge in [0.15, 0.2) is 8.32 Å². The molecule has 270 valence electrons. The predicted molar refractivity (Wildman–Crippen MR) is 185 cm³/mol. The number of nitrogens with one attached hydrogen (secondary N) is 2. The molecule has 0 aliphatic carbocycles. The zero-order valence-corrected chi connectivity index (χ0v) is 30.5. The van der Waals surface area contributed by atoms with E-state index in [1.807, 2.05) is 11.8 Å². The quantitative estimate of drug-likeness (QED) is 0.193. The lowest BCUT2D eigenvalue weighted by atomic mass is 9.91. The van der Waals surface area contributed by atoms with Crippen molar-refractivity contribution in [3.8, 4) is 17.1 Å². The van der Waals surface area contributed by atoms with Crippen molar-refractivity contribution in [2.75, 3.05) is 29.9 Å². The second-order valence-electron chi connectivity index (χ2n) is 15.0. The predicted octanol–water partition coefficient (Wildman–Crippen LogP) is 6.46. The summed E-state index contributed by atoms with van der Waals surface area (Å²) in [7, 11) is -2.30. The minimum Gasteiger partial charge on any atom is -0.477 e. The van der Waals surface area contributed by atoms with Gasteiger partial charge in [-0.05, 0) is 61.8 Å². The van der Waals surface area contributed by atoms with E-state index in [-0.39, 0.29) is 34.4 Å². The number of hydrogen-bond donors (Lipinski definition) is 4. The molecule has 4 N–H and O–H groups in total. The number of anilines is 2. The summed E-state index contributed by atoms with van der Waals surface area (Å²) >= 11 is 0. The first-order valence-corrected chi connectivity index (χ1v) is 19.4. The number of aliphatic hydroxyl groups is 1. The molecule has 2 aliphatic rings. The summed E-state index contributed by atoms with van der Waals surface area (Å²) in [5, 5.41) is 25.3. The van der Waals surface area contributed by atoms with Crippen LogP contribution < -0.4 is 20.3 Å². The summed E-state index contributed by atoms with van der Waals surface area (Å²) in [6, 6.07) is 3.16. The monoisotopic (exact) mass is 715 g/mol. The van der Waals surface area contributed by atoms with Crippen LogP contribution in [0.3, 0.4) is 0 Å². The van der Waals surface area contributed by atoms with Gasteiger partial charge in [-0.1, -0.05) is 27.7 Å². The third kappa shape index (κ3) is 7.44. The molecule has 2 aliphatic heterocycles. The van der Waals surface area contributed by atoms with Crippen LogP contribution in [0.15, 0.2) is 30.5 Å². The van der Waals surface area contributed by atoms with Crippen LogP contribution in [0.5, 0.6) is 5.88 Å². The topological polar surface area (TPSA) is 146 Å². The Labute approximate surface area is 290 Å². The van der Waals surface area contributed by atoms with Crippen molar-refractivity contribution in [3.05, 3.63) is 64.7 Å². The number of fused-ring (bicyclic) bond motifs is 1. The molecule has 4 heterocycles. The summed E-state index contributed by atoms with van der Waals surface area (Å²) in [6.45, 7) is 16.3. The van der Waals surface area contributed by atoms with Gasteiger partial charge in [0, 0.05) is 31.0 Å². The fraction of sp³-hybridized carbons (Fsp3) is 0.486. The van der Waals surface area contributed by atoms with E-state index < -0.39 is 66.8 Å². The highest BCUT2D eigenvalue weighted by molar-refractivity contribution is 6.74. The third-order valence-electron chi connectivity index (χ3n) is 9.76. The van der Waals surface area contributed by atoms with Crippen LogP contribution >= 0.6 is 0 Å². The number of pyridine rings is 2. The molecule has 2 amide bonds. The van der Waals surface area contributed by atoms with Crippen LogP contribution in [-0.4, -0.2) is 72.3 Å². The second-order valence-corrected chi connectivity index (χ2v) is 19.8. The number of nitrogens with zero attached hydrogens (tertiary/aromatic N) is 3. The molecule has 1 aromatic carbocycles. The van der Waals surface area contributed by atoms with E-state index >= 15 is 8.78 Å². The van der Waals surface area contributed by atoms with Crippen molar-refractivity contribution >= 4 is 31.7 Å². The van der Waals surface area contributed by atoms with Crippen molar-refractivity contribution in [2.24, 2.45) is 5.92 Å². The molecule has 0 bridgehead atoms. The Bertz CT molecular complexity index is 1790. The number of ether oxygens (including phenoxy) is 1. The lowest BCUT2D eigenvalue weighted by Gasteiger charge is -2.48. The van der Waals surface area contributed by atoms with E-state index in [2.05, 4.69) is 54.5 Å². The molecular formula is C35H44F3N5O6Si. The van der Waals surface area contributed by atoms with Crippen LogP contribution in [0, 0.1) is 23.4 Å². The fourth-order valence-corrected chi connectivity index (χ4v) is 7.54. The van der Waals surface area contributed by atoms with Gasteiger partial charge in [-0.25, -0.2) is 27.9 Å². The maximum Gasteiger partial charge on any atom is 0.405 e. The average molecular weight is 716 g/mol. The van der Waals surface area contributed by atoms with Gasteiger partial charge < -0.3 is 34.9 Å². The first-order chi connectivity index (χ1) is 23.2. The van der Waals surface area contributed by atoms with Crippen LogP contribution in [0.4, 0.5) is 29.3 Å². The standard InChI is InChI=1S/C35H44F3N5O6Si/c1-18-16-43(17-26(42-33(45)46)30(18)49-50(7,8)34(2,3)4)29-20-11-12-48-32(20)39-15-25(29)41-31(44)24-10-9-21(36)28(40-24)27-22(37)13-19(14-23(27)38)35(5,6)47/h9-10,13-15,18,26,30,42,47H,11-12,16-17H2,1-8H3,(H,41,44)(H,45,46)/t18-,26+,30-/m0/s1. The Morgan fingerprint density at radius 1 is 1.06 bits per heavy atom. The number of rotatable bonds is 8. The van der Waals surface area contributed by atoms with Gasteiger partial charge in [0.25, 0.3) is 5.91 Å². The summed E-state index contributed by atoms with van der Waals surface area (Å²) in [5.74, 6) is -3.92. The Morgan fingerprint density at radius 3 is 2.32 bits per heavy atom. The molecule has 50 heavy (non-hydrogen) atoms. The van der Waals surface area contributed by atoms with E-state index in [4.69, 9.17) is 9.16 Å². The molecule has 1 saturated heterocycles. The zero-order chi connectivity index (χ0) is 36.9. The number of aromatic nitrogens is 2. The maximum atomic E-state index is 15.2. The highest BCUT2D eigenvalue weighted by Crippen LogP contribution is 2.43. The molecule has 0 spiro atoms. The van der Waals surface area contributed by atoms with E-state index in [0.717, 1.165) is 29.8 Å². The highest BCUT2D eigenvalue weighted by Gasteiger charge is 2.45. The van der Waals surface area contributed by atoms with Gasteiger partial charge in [0.1, 0.15) is 28.8 Å². The number of amides is 2. The number of benzene rings is 1. The van der Waals surface area contributed by atoms with E-state index in [1.54, 1.807) is 0 Å². The van der Waals surface area contributed by atoms with Crippen molar-refractivity contribution in [3.63, 3.8) is 0 Å². The minimum absolute atomic E-state index is 0.0585. The summed E-state index contributed by atoms with van der Waals surface area (Å²) in [5.41, 5.74) is -1.87. The van der Waals surface area contributed by atoms with Crippen molar-refractivity contribution in [1.29, 1.82) is 0 Å². The first kappa shape index (κ1) is 37.1. The fourth-order valence-electron chi connectivity index (χ4n) is 6.11. The van der Waals surface area contributed by atoms with Crippen LogP contribution in [0.25, 0.3) is 11.3 Å². The Balaban J connectivity index is 1.49. The molecule has 5 rings (SSSR count). The Morgan fingerprint density at radius 2 is 1.72 bits per heavy atom. The Kier molecular flexibility index (Phi) is 10.00. The van der Waals surface area contributed by atoms with Crippen molar-refractivity contribution in [1.82, 2.24) is 15.3 Å². The largest absolute Gasteiger partial charge is 0.477 e. The summed E-state index contributed by atoms with van der Waals surface area (Å²) in [4.78, 5) is 36.0. The van der Waals surface area contributed by atoms with Gasteiger partial charge in [0.2, 0.25) is 5.88 Å². The average Bonchev–Trinajstić information content (AvgIpc) is 3.47. The minimum atomic E-state index is -2.30. The van der Waals surface area contributed by atoms with Gasteiger partial charge >= 0.3 is 6.09 Å². The van der Waals surface area contributed by atoms with Crippen LogP contribution in [0.1, 0.15) is 63.2 Å². The molecule has 0 saturated carbocycles. The van der Waals surface area contributed by atoms with E-state index in [9.17, 15) is 24.2 Å². The van der Waals surface area contributed by atoms with E-state index in [1.165, 1.54) is 20.0 Å². The van der Waals surface area contributed by atoms with Crippen LogP contribution in [0.2, 0.25) is 18.1 Å².